The quantitative estimate of drug-likeness (QED) is 0.659. The Morgan fingerprint density at radius 3 is 2.45 bits per heavy atom. The standard InChI is InChI=1S/C25H24FN3O2/c1-31-19-6-4-5-18(13-19)16-9-11-17(12-10-16)24-22-14-27-15-23(24)29(22)25(30)28-21-8-3-2-7-20(21)26/h2-13,22-24,27H,14-15H2,1H3,(H,28,30)/t22-,23+,24?. The fourth-order valence-corrected chi connectivity index (χ4v) is 4.76. The van der Waals surface area contributed by atoms with Crippen LogP contribution >= 0.6 is 0 Å². The van der Waals surface area contributed by atoms with E-state index in [0.717, 1.165) is 30.0 Å². The molecule has 2 N–H and O–H groups in total. The number of nitrogens with one attached hydrogen (secondary N) is 2. The summed E-state index contributed by atoms with van der Waals surface area (Å²) in [5, 5.41) is 6.11. The van der Waals surface area contributed by atoms with Gasteiger partial charge in [-0.1, -0.05) is 48.5 Å². The predicted molar refractivity (Wildman–Crippen MR) is 119 cm³/mol. The Bertz CT molecular complexity index is 1090. The minimum absolute atomic E-state index is 0.0493. The van der Waals surface area contributed by atoms with Gasteiger partial charge in [0.15, 0.2) is 0 Å². The van der Waals surface area contributed by atoms with Crippen LogP contribution < -0.4 is 15.4 Å². The molecule has 5 rings (SSSR count). The van der Waals surface area contributed by atoms with Gasteiger partial charge in [0.2, 0.25) is 0 Å². The van der Waals surface area contributed by atoms with Crippen molar-refractivity contribution in [3.63, 3.8) is 0 Å². The Balaban J connectivity index is 1.32. The number of hydrogen-bond donors (Lipinski definition) is 2. The van der Waals surface area contributed by atoms with Crippen molar-refractivity contribution >= 4 is 11.7 Å². The normalized spacial score (nSPS) is 21.9. The first kappa shape index (κ1) is 19.6. The highest BCUT2D eigenvalue weighted by atomic mass is 19.1. The van der Waals surface area contributed by atoms with Crippen LogP contribution in [-0.4, -0.2) is 43.2 Å². The zero-order valence-electron chi connectivity index (χ0n) is 17.2. The molecule has 0 spiro atoms. The van der Waals surface area contributed by atoms with Crippen molar-refractivity contribution in [2.45, 2.75) is 18.0 Å². The second-order valence-electron chi connectivity index (χ2n) is 7.99. The second kappa shape index (κ2) is 8.04. The highest BCUT2D eigenvalue weighted by molar-refractivity contribution is 5.91. The van der Waals surface area contributed by atoms with E-state index < -0.39 is 5.82 Å². The molecule has 3 atom stereocenters. The molecule has 0 aliphatic carbocycles. The summed E-state index contributed by atoms with van der Waals surface area (Å²) < 4.78 is 19.3. The first-order valence-electron chi connectivity index (χ1n) is 10.4. The van der Waals surface area contributed by atoms with Crippen LogP contribution in [0.2, 0.25) is 0 Å². The number of amides is 2. The molecule has 2 fully saturated rings. The molecule has 0 saturated carbocycles. The number of methoxy groups -OCH3 is 1. The molecule has 2 saturated heterocycles. The lowest BCUT2D eigenvalue weighted by molar-refractivity contribution is 0.00199. The van der Waals surface area contributed by atoms with Gasteiger partial charge in [-0.05, 0) is 41.0 Å². The van der Waals surface area contributed by atoms with Crippen molar-refractivity contribution in [1.82, 2.24) is 10.2 Å². The van der Waals surface area contributed by atoms with E-state index >= 15 is 0 Å². The molecule has 6 heteroatoms. The molecule has 158 valence electrons. The summed E-state index contributed by atoms with van der Waals surface area (Å²) in [6, 6.07) is 22.6. The number of halogens is 1. The maximum absolute atomic E-state index is 13.9. The van der Waals surface area contributed by atoms with Gasteiger partial charge in [0, 0.05) is 19.0 Å². The Labute approximate surface area is 180 Å². The van der Waals surface area contributed by atoms with Gasteiger partial charge in [-0.3, -0.25) is 0 Å². The summed E-state index contributed by atoms with van der Waals surface area (Å²) in [6.07, 6.45) is 0. The molecule has 0 aromatic heterocycles. The average Bonchev–Trinajstić information content (AvgIpc) is 2.81. The number of rotatable bonds is 4. The van der Waals surface area contributed by atoms with Gasteiger partial charge >= 0.3 is 6.03 Å². The van der Waals surface area contributed by atoms with E-state index in [-0.39, 0.29) is 29.7 Å². The number of ether oxygens (including phenoxy) is 1. The van der Waals surface area contributed by atoms with Crippen molar-refractivity contribution in [2.75, 3.05) is 25.5 Å². The number of carbonyl (C=O) groups is 1. The largest absolute Gasteiger partial charge is 0.497 e. The zero-order valence-corrected chi connectivity index (χ0v) is 17.2. The van der Waals surface area contributed by atoms with Crippen molar-refractivity contribution in [3.8, 4) is 16.9 Å². The minimum atomic E-state index is -0.427. The smallest absolute Gasteiger partial charge is 0.322 e. The lowest BCUT2D eigenvalue weighted by atomic mass is 9.72. The van der Waals surface area contributed by atoms with E-state index in [0.29, 0.717) is 0 Å². The Morgan fingerprint density at radius 1 is 1.00 bits per heavy atom. The van der Waals surface area contributed by atoms with Gasteiger partial charge in [0.25, 0.3) is 0 Å². The van der Waals surface area contributed by atoms with E-state index in [1.165, 1.54) is 11.6 Å². The number of carbonyl (C=O) groups excluding carboxylic acids is 1. The number of likely N-dealkylation sites (tertiary alicyclic amines) is 1. The van der Waals surface area contributed by atoms with Crippen molar-refractivity contribution in [3.05, 3.63) is 84.2 Å². The van der Waals surface area contributed by atoms with Gasteiger partial charge in [0.05, 0.1) is 24.9 Å². The van der Waals surface area contributed by atoms with Gasteiger partial charge in [-0.2, -0.15) is 0 Å². The molecule has 3 aromatic carbocycles. The number of hydrogen-bond acceptors (Lipinski definition) is 3. The molecule has 2 aliphatic rings. The van der Waals surface area contributed by atoms with Crippen LogP contribution in [0.15, 0.2) is 72.8 Å². The molecule has 3 aromatic rings. The molecule has 2 heterocycles. The molecule has 0 radical (unpaired) electrons. The molecular formula is C25H24FN3O2. The summed E-state index contributed by atoms with van der Waals surface area (Å²) in [7, 11) is 1.67. The third kappa shape index (κ3) is 3.53. The SMILES string of the molecule is COc1cccc(-c2ccc(C3[C@H]4CNC[C@@H]3N4C(=O)Nc3ccccc3F)cc2)c1. The van der Waals surface area contributed by atoms with Crippen LogP contribution in [0.5, 0.6) is 5.75 Å². The van der Waals surface area contributed by atoms with Crippen LogP contribution in [0.1, 0.15) is 11.5 Å². The molecule has 31 heavy (non-hydrogen) atoms. The van der Waals surface area contributed by atoms with Crippen LogP contribution in [0.25, 0.3) is 11.1 Å². The fraction of sp³-hybridized carbons (Fsp3) is 0.240. The number of para-hydroxylation sites is 1. The topological polar surface area (TPSA) is 53.6 Å². The zero-order chi connectivity index (χ0) is 21.4. The highest BCUT2D eigenvalue weighted by Crippen LogP contribution is 2.43. The number of piperidine rings is 1. The van der Waals surface area contributed by atoms with Crippen LogP contribution in [0.4, 0.5) is 14.9 Å². The third-order valence-electron chi connectivity index (χ3n) is 6.30. The molecule has 1 unspecified atom stereocenters. The predicted octanol–water partition coefficient (Wildman–Crippen LogP) is 4.47. The van der Waals surface area contributed by atoms with Crippen molar-refractivity contribution in [2.24, 2.45) is 0 Å². The summed E-state index contributed by atoms with van der Waals surface area (Å²) in [5.74, 6) is 0.675. The van der Waals surface area contributed by atoms with Crippen LogP contribution in [0, 0.1) is 5.82 Å². The molecule has 5 nitrogen and oxygen atoms in total. The summed E-state index contributed by atoms with van der Waals surface area (Å²) in [4.78, 5) is 14.7. The monoisotopic (exact) mass is 417 g/mol. The minimum Gasteiger partial charge on any atom is -0.497 e. The maximum atomic E-state index is 13.9. The first-order chi connectivity index (χ1) is 15.2. The number of benzene rings is 3. The number of piperazine rings is 1. The van der Waals surface area contributed by atoms with E-state index in [1.807, 2.05) is 23.1 Å². The van der Waals surface area contributed by atoms with E-state index in [9.17, 15) is 9.18 Å². The third-order valence-corrected chi connectivity index (χ3v) is 6.30. The van der Waals surface area contributed by atoms with E-state index in [1.54, 1.807) is 25.3 Å². The number of anilines is 1. The Kier molecular flexibility index (Phi) is 5.08. The number of nitrogens with zero attached hydrogens (tertiary/aromatic N) is 1. The van der Waals surface area contributed by atoms with Gasteiger partial charge in [-0.15, -0.1) is 0 Å². The van der Waals surface area contributed by atoms with E-state index in [2.05, 4.69) is 41.0 Å². The fourth-order valence-electron chi connectivity index (χ4n) is 4.76. The average molecular weight is 417 g/mol. The number of urea groups is 1. The molecular weight excluding hydrogens is 393 g/mol. The lowest BCUT2D eigenvalue weighted by Gasteiger charge is -2.59. The number of fused-ring (bicyclic) bond motifs is 2. The Hall–Kier alpha value is -3.38. The van der Waals surface area contributed by atoms with Crippen molar-refractivity contribution in [1.29, 1.82) is 0 Å². The van der Waals surface area contributed by atoms with Crippen LogP contribution in [0.3, 0.4) is 0 Å². The van der Waals surface area contributed by atoms with Gasteiger partial charge < -0.3 is 20.3 Å². The summed E-state index contributed by atoms with van der Waals surface area (Å²) >= 11 is 0. The maximum Gasteiger partial charge on any atom is 0.322 e. The van der Waals surface area contributed by atoms with Gasteiger partial charge in [-0.25, -0.2) is 9.18 Å². The second-order valence-corrected chi connectivity index (χ2v) is 7.99. The lowest BCUT2D eigenvalue weighted by Crippen LogP contribution is -2.74. The molecule has 2 bridgehead atoms. The Morgan fingerprint density at radius 2 is 1.74 bits per heavy atom. The molecule has 2 amide bonds. The highest BCUT2D eigenvalue weighted by Gasteiger charge is 2.53. The van der Waals surface area contributed by atoms with Crippen LogP contribution in [-0.2, 0) is 0 Å². The van der Waals surface area contributed by atoms with Gasteiger partial charge in [0.1, 0.15) is 11.6 Å². The summed E-state index contributed by atoms with van der Waals surface area (Å²) in [5.41, 5.74) is 3.66. The summed E-state index contributed by atoms with van der Waals surface area (Å²) in [6.45, 7) is 1.45. The van der Waals surface area contributed by atoms with E-state index in [4.69, 9.17) is 4.74 Å². The van der Waals surface area contributed by atoms with Crippen molar-refractivity contribution < 1.29 is 13.9 Å². The molecule has 2 aliphatic heterocycles. The first-order valence-corrected chi connectivity index (χ1v) is 10.4.